The van der Waals surface area contributed by atoms with Gasteiger partial charge < -0.3 is 9.84 Å². The molecule has 28 heavy (non-hydrogen) atoms. The molecule has 0 saturated heterocycles. The maximum absolute atomic E-state index is 14.2. The number of fused-ring (bicyclic) bond motifs is 2. The number of hydrogen-bond donors (Lipinski definition) is 1. The third-order valence-corrected chi connectivity index (χ3v) is 5.99. The van der Waals surface area contributed by atoms with Crippen molar-refractivity contribution in [3.05, 3.63) is 47.0 Å². The first-order valence-electron chi connectivity index (χ1n) is 8.06. The molecule has 4 rings (SSSR count). The normalized spacial score (nSPS) is 21.4. The maximum Gasteiger partial charge on any atom is 0.367 e. The summed E-state index contributed by atoms with van der Waals surface area (Å²) in [5, 5.41) is 9.61. The van der Waals surface area contributed by atoms with Crippen LogP contribution in [0.5, 0.6) is 5.75 Å². The van der Waals surface area contributed by atoms with Crippen LogP contribution in [0, 0.1) is 11.6 Å². The minimum Gasteiger partial charge on any atom is -0.481 e. The minimum absolute atomic E-state index is 0.145. The Hall–Kier alpha value is -2.62. The molecule has 0 bridgehead atoms. The van der Waals surface area contributed by atoms with E-state index in [9.17, 15) is 18.4 Å². The fourth-order valence-electron chi connectivity index (χ4n) is 3.15. The highest BCUT2D eigenvalue weighted by atomic mass is 35.5. The van der Waals surface area contributed by atoms with E-state index >= 15 is 0 Å². The first kappa shape index (κ1) is 18.7. The van der Waals surface area contributed by atoms with E-state index in [4.69, 9.17) is 21.4 Å². The molecule has 1 aliphatic heterocycles. The summed E-state index contributed by atoms with van der Waals surface area (Å²) in [5.74, 6) is -3.70. The number of carbonyl (C=O) groups excluding carboxylic acids is 1. The number of quaternary nitrogens is 1. The monoisotopic (exact) mass is 425 g/mol. The van der Waals surface area contributed by atoms with Crippen molar-refractivity contribution in [3.63, 3.8) is 0 Å². The van der Waals surface area contributed by atoms with Gasteiger partial charge in [0.05, 0.1) is 18.2 Å². The molecule has 0 aliphatic carbocycles. The molecule has 0 radical (unpaired) electrons. The van der Waals surface area contributed by atoms with Gasteiger partial charge in [0.25, 0.3) is 5.13 Å². The van der Waals surface area contributed by atoms with Gasteiger partial charge in [-0.05, 0) is 24.3 Å². The van der Waals surface area contributed by atoms with E-state index in [-0.39, 0.29) is 16.4 Å². The lowest BCUT2D eigenvalue weighted by molar-refractivity contribution is -0.146. The standard InChI is InChI=1S/C18H11ClF2N2O4S/c1-23(18-22-16-13(28-18)5-3-9(20)15(16)21)10-6-8(19)2-4-11(10)27-12(17(23)26)7-14(24)25/h2-6,12H,7H2,1H3/p+1. The lowest BCUT2D eigenvalue weighted by Gasteiger charge is -2.36. The summed E-state index contributed by atoms with van der Waals surface area (Å²) in [7, 11) is 1.50. The molecular weight excluding hydrogens is 414 g/mol. The predicted octanol–water partition coefficient (Wildman–Crippen LogP) is 4.26. The number of carbonyl (C=O) groups is 2. The van der Waals surface area contributed by atoms with Crippen LogP contribution in [0.25, 0.3) is 10.2 Å². The Labute approximate surface area is 166 Å². The SMILES string of the molecule is C[N+]1(c2nc3c(F)c(F)ccc3s2)C(=O)C(CC(=O)O)Oc2ccc(Cl)cc21. The number of ether oxygens (including phenoxy) is 1. The Balaban J connectivity index is 1.97. The molecule has 6 nitrogen and oxygen atoms in total. The zero-order valence-corrected chi connectivity index (χ0v) is 15.9. The highest BCUT2D eigenvalue weighted by Crippen LogP contribution is 2.48. The number of rotatable bonds is 3. The van der Waals surface area contributed by atoms with E-state index in [1.165, 1.54) is 25.2 Å². The van der Waals surface area contributed by atoms with Crippen LogP contribution in [0.15, 0.2) is 30.3 Å². The number of likely N-dealkylation sites (N-methyl/N-ethyl adjacent to an activating group) is 1. The van der Waals surface area contributed by atoms with Crippen molar-refractivity contribution in [1.82, 2.24) is 9.47 Å². The Morgan fingerprint density at radius 2 is 2.11 bits per heavy atom. The molecule has 3 aromatic rings. The van der Waals surface area contributed by atoms with Gasteiger partial charge in [-0.2, -0.15) is 9.47 Å². The average molecular weight is 426 g/mol. The highest BCUT2D eigenvalue weighted by Gasteiger charge is 2.52. The Morgan fingerprint density at radius 3 is 2.82 bits per heavy atom. The van der Waals surface area contributed by atoms with Crippen LogP contribution in [-0.2, 0) is 9.59 Å². The summed E-state index contributed by atoms with van der Waals surface area (Å²) in [6.45, 7) is 0. The van der Waals surface area contributed by atoms with E-state index in [1.807, 2.05) is 0 Å². The van der Waals surface area contributed by atoms with Crippen LogP contribution in [0.4, 0.5) is 19.6 Å². The molecule has 1 N–H and O–H groups in total. The molecule has 0 fully saturated rings. The zero-order valence-electron chi connectivity index (χ0n) is 14.3. The second-order valence-corrected chi connectivity index (χ2v) is 7.81. The summed E-state index contributed by atoms with van der Waals surface area (Å²) >= 11 is 7.09. The average Bonchev–Trinajstić information content (AvgIpc) is 3.08. The number of halogens is 3. The topological polar surface area (TPSA) is 76.5 Å². The van der Waals surface area contributed by atoms with Crippen molar-refractivity contribution < 1.29 is 28.2 Å². The van der Waals surface area contributed by atoms with Crippen molar-refractivity contribution in [2.75, 3.05) is 7.05 Å². The fourth-order valence-corrected chi connectivity index (χ4v) is 4.39. The number of carboxylic acids is 1. The Kier molecular flexibility index (Phi) is 4.33. The number of amides is 1. The fraction of sp³-hybridized carbons (Fsp3) is 0.167. The van der Waals surface area contributed by atoms with Crippen molar-refractivity contribution in [2.24, 2.45) is 0 Å². The van der Waals surface area contributed by atoms with Gasteiger partial charge in [-0.3, -0.25) is 4.79 Å². The summed E-state index contributed by atoms with van der Waals surface area (Å²) in [4.78, 5) is 28.6. The third kappa shape index (κ3) is 2.74. The molecule has 144 valence electrons. The Bertz CT molecular complexity index is 1150. The quantitative estimate of drug-likeness (QED) is 0.634. The first-order chi connectivity index (χ1) is 13.2. The van der Waals surface area contributed by atoms with Gasteiger partial charge in [0, 0.05) is 11.1 Å². The lowest BCUT2D eigenvalue weighted by atomic mass is 10.1. The second-order valence-electron chi connectivity index (χ2n) is 6.37. The molecule has 1 aromatic heterocycles. The van der Waals surface area contributed by atoms with Crippen LogP contribution >= 0.6 is 22.9 Å². The second kappa shape index (κ2) is 6.47. The molecule has 2 aromatic carbocycles. The molecule has 1 aliphatic rings. The highest BCUT2D eigenvalue weighted by molar-refractivity contribution is 7.22. The minimum atomic E-state index is -1.27. The number of thiazole rings is 1. The predicted molar refractivity (Wildman–Crippen MR) is 100 cm³/mol. The van der Waals surface area contributed by atoms with Crippen LogP contribution < -0.4 is 9.22 Å². The van der Waals surface area contributed by atoms with E-state index in [2.05, 4.69) is 4.98 Å². The van der Waals surface area contributed by atoms with Crippen LogP contribution in [0.2, 0.25) is 5.02 Å². The van der Waals surface area contributed by atoms with Gasteiger partial charge in [0.15, 0.2) is 23.1 Å². The largest absolute Gasteiger partial charge is 0.481 e. The van der Waals surface area contributed by atoms with Crippen LogP contribution in [0.1, 0.15) is 6.42 Å². The van der Waals surface area contributed by atoms with E-state index < -0.39 is 40.5 Å². The van der Waals surface area contributed by atoms with Gasteiger partial charge in [-0.15, -0.1) is 0 Å². The van der Waals surface area contributed by atoms with Gasteiger partial charge in [0.1, 0.15) is 5.52 Å². The summed E-state index contributed by atoms with van der Waals surface area (Å²) in [5.41, 5.74) is 0.135. The number of carboxylic acid groups (broad SMARTS) is 1. The molecule has 2 unspecified atom stereocenters. The molecule has 2 heterocycles. The molecule has 10 heteroatoms. The van der Waals surface area contributed by atoms with Crippen molar-refractivity contribution in [2.45, 2.75) is 12.5 Å². The molecule has 0 spiro atoms. The van der Waals surface area contributed by atoms with E-state index in [0.29, 0.717) is 15.4 Å². The summed E-state index contributed by atoms with van der Waals surface area (Å²) in [6, 6.07) is 6.95. The summed E-state index contributed by atoms with van der Waals surface area (Å²) < 4.78 is 33.1. The number of nitrogens with zero attached hydrogens (tertiary/aromatic N) is 2. The lowest BCUT2D eigenvalue weighted by Crippen LogP contribution is -2.56. The Morgan fingerprint density at radius 1 is 1.36 bits per heavy atom. The van der Waals surface area contributed by atoms with E-state index in [0.717, 1.165) is 17.4 Å². The molecule has 0 saturated carbocycles. The number of hydrogen-bond acceptors (Lipinski definition) is 5. The molecular formula is C18H12ClF2N2O4S+. The molecule has 2 atom stereocenters. The van der Waals surface area contributed by atoms with Gasteiger partial charge in [-0.1, -0.05) is 22.9 Å². The van der Waals surface area contributed by atoms with Crippen LogP contribution in [-0.4, -0.2) is 35.1 Å². The first-order valence-corrected chi connectivity index (χ1v) is 9.26. The van der Waals surface area contributed by atoms with Crippen molar-refractivity contribution >= 4 is 55.8 Å². The third-order valence-electron chi connectivity index (χ3n) is 4.57. The van der Waals surface area contributed by atoms with Gasteiger partial charge in [-0.25, -0.2) is 13.6 Å². The summed E-state index contributed by atoms with van der Waals surface area (Å²) in [6.07, 6.45) is -1.83. The van der Waals surface area contributed by atoms with E-state index in [1.54, 1.807) is 6.07 Å². The van der Waals surface area contributed by atoms with Gasteiger partial charge in [0.2, 0.25) is 6.10 Å². The number of aromatic nitrogens is 1. The van der Waals surface area contributed by atoms with Crippen molar-refractivity contribution in [3.8, 4) is 5.75 Å². The smallest absolute Gasteiger partial charge is 0.367 e. The number of aliphatic carboxylic acids is 1. The van der Waals surface area contributed by atoms with Gasteiger partial charge >= 0.3 is 11.9 Å². The van der Waals surface area contributed by atoms with Crippen LogP contribution in [0.3, 0.4) is 0 Å². The molecule has 1 amide bonds. The maximum atomic E-state index is 14.2. The number of benzene rings is 2. The zero-order chi connectivity index (χ0) is 20.2. The van der Waals surface area contributed by atoms with Crippen molar-refractivity contribution in [1.29, 1.82) is 0 Å².